The molecule has 6 nitrogen and oxygen atoms in total. The molecule has 0 saturated carbocycles. The first kappa shape index (κ1) is 17.0. The van der Waals surface area contributed by atoms with Crippen molar-refractivity contribution in [1.82, 2.24) is 24.6 Å². The zero-order chi connectivity index (χ0) is 17.6. The van der Waals surface area contributed by atoms with Gasteiger partial charge < -0.3 is 9.88 Å². The van der Waals surface area contributed by atoms with Crippen molar-refractivity contribution in [2.75, 3.05) is 6.54 Å². The summed E-state index contributed by atoms with van der Waals surface area (Å²) in [5, 5.41) is 4.40. The summed E-state index contributed by atoms with van der Waals surface area (Å²) in [5.41, 5.74) is 3.62. The van der Waals surface area contributed by atoms with Gasteiger partial charge in [0.05, 0.1) is 24.3 Å². The second-order valence-electron chi connectivity index (χ2n) is 6.03. The number of nitrogens with one attached hydrogen (secondary N) is 1. The van der Waals surface area contributed by atoms with Crippen LogP contribution in [0, 0.1) is 6.92 Å². The van der Waals surface area contributed by atoms with Crippen molar-refractivity contribution in [3.05, 3.63) is 71.6 Å². The van der Waals surface area contributed by atoms with Gasteiger partial charge in [-0.2, -0.15) is 5.10 Å². The molecule has 1 aromatic carbocycles. The number of carbonyl (C=O) groups excluding carboxylic acids is 1. The van der Waals surface area contributed by atoms with E-state index in [0.29, 0.717) is 25.3 Å². The van der Waals surface area contributed by atoms with Crippen LogP contribution in [0.5, 0.6) is 0 Å². The molecule has 0 bridgehead atoms. The summed E-state index contributed by atoms with van der Waals surface area (Å²) in [7, 11) is 0. The molecule has 6 heteroatoms. The number of carbonyl (C=O) groups is 1. The lowest BCUT2D eigenvalue weighted by atomic mass is 10.1. The maximum Gasteiger partial charge on any atom is 0.272 e. The molecule has 0 spiro atoms. The van der Waals surface area contributed by atoms with Crippen molar-refractivity contribution >= 4 is 5.91 Å². The third-order valence-corrected chi connectivity index (χ3v) is 4.14. The zero-order valence-electron chi connectivity index (χ0n) is 14.6. The first-order valence-electron chi connectivity index (χ1n) is 8.52. The molecule has 2 aromatic heterocycles. The van der Waals surface area contributed by atoms with Gasteiger partial charge in [0.15, 0.2) is 0 Å². The Hall–Kier alpha value is -2.89. The predicted octanol–water partition coefficient (Wildman–Crippen LogP) is 2.82. The normalized spacial score (nSPS) is 10.8. The van der Waals surface area contributed by atoms with Crippen LogP contribution >= 0.6 is 0 Å². The number of amides is 1. The number of H-pyrrole nitrogens is 1. The first-order chi connectivity index (χ1) is 12.2. The molecular weight excluding hydrogens is 314 g/mol. The number of aromatic amines is 1. The quantitative estimate of drug-likeness (QED) is 0.721. The van der Waals surface area contributed by atoms with Crippen LogP contribution in [-0.2, 0) is 19.5 Å². The van der Waals surface area contributed by atoms with Crippen molar-refractivity contribution < 1.29 is 4.79 Å². The van der Waals surface area contributed by atoms with Gasteiger partial charge in [-0.1, -0.05) is 30.3 Å². The molecule has 1 amide bonds. The molecule has 0 unspecified atom stereocenters. The molecule has 0 aliphatic heterocycles. The third kappa shape index (κ3) is 4.15. The Balaban J connectivity index is 1.80. The second-order valence-corrected chi connectivity index (χ2v) is 6.03. The number of aryl methyl sites for hydroxylation is 2. The summed E-state index contributed by atoms with van der Waals surface area (Å²) in [5.74, 6) is -0.00650. The highest BCUT2D eigenvalue weighted by molar-refractivity contribution is 5.92. The third-order valence-electron chi connectivity index (χ3n) is 4.14. The number of nitrogens with zero attached hydrogens (tertiary/aromatic N) is 4. The highest BCUT2D eigenvalue weighted by Crippen LogP contribution is 2.12. The molecular formula is C19H23N5O. The van der Waals surface area contributed by atoms with Crippen LogP contribution in [-0.4, -0.2) is 37.1 Å². The summed E-state index contributed by atoms with van der Waals surface area (Å²) in [4.78, 5) is 22.1. The molecule has 130 valence electrons. The van der Waals surface area contributed by atoms with E-state index < -0.39 is 0 Å². The van der Waals surface area contributed by atoms with Gasteiger partial charge >= 0.3 is 0 Å². The molecule has 0 fully saturated rings. The van der Waals surface area contributed by atoms with Crippen molar-refractivity contribution in [3.63, 3.8) is 0 Å². The Morgan fingerprint density at radius 1 is 1.28 bits per heavy atom. The number of hydrogen-bond donors (Lipinski definition) is 1. The van der Waals surface area contributed by atoms with E-state index in [9.17, 15) is 4.79 Å². The summed E-state index contributed by atoms with van der Waals surface area (Å²) in [6, 6.07) is 12.1. The van der Waals surface area contributed by atoms with E-state index >= 15 is 0 Å². The summed E-state index contributed by atoms with van der Waals surface area (Å²) in [6.07, 6.45) is 4.20. The van der Waals surface area contributed by atoms with Crippen molar-refractivity contribution in [1.29, 1.82) is 0 Å². The van der Waals surface area contributed by atoms with Crippen LogP contribution in [0.25, 0.3) is 0 Å². The van der Waals surface area contributed by atoms with E-state index in [1.807, 2.05) is 43.0 Å². The fourth-order valence-corrected chi connectivity index (χ4v) is 2.86. The highest BCUT2D eigenvalue weighted by atomic mass is 16.2. The van der Waals surface area contributed by atoms with Crippen LogP contribution in [0.2, 0.25) is 0 Å². The van der Waals surface area contributed by atoms with Gasteiger partial charge in [-0.3, -0.25) is 9.48 Å². The average Bonchev–Trinajstić information content (AvgIpc) is 3.28. The monoisotopic (exact) mass is 337 g/mol. The Labute approximate surface area is 147 Å². The topological polar surface area (TPSA) is 66.8 Å². The molecule has 0 aliphatic rings. The fourth-order valence-electron chi connectivity index (χ4n) is 2.86. The minimum absolute atomic E-state index is 0.00650. The molecule has 2 heterocycles. The zero-order valence-corrected chi connectivity index (χ0v) is 14.6. The predicted molar refractivity (Wildman–Crippen MR) is 96.1 cm³/mol. The van der Waals surface area contributed by atoms with Gasteiger partial charge in [0.25, 0.3) is 5.91 Å². The lowest BCUT2D eigenvalue weighted by Crippen LogP contribution is -2.34. The minimum Gasteiger partial charge on any atom is -0.347 e. The van der Waals surface area contributed by atoms with Crippen LogP contribution in [0.1, 0.15) is 34.4 Å². The number of rotatable bonds is 7. The lowest BCUT2D eigenvalue weighted by molar-refractivity contribution is 0.0730. The van der Waals surface area contributed by atoms with Gasteiger partial charge in [0.2, 0.25) is 0 Å². The van der Waals surface area contributed by atoms with Gasteiger partial charge in [0.1, 0.15) is 5.69 Å². The van der Waals surface area contributed by atoms with Gasteiger partial charge in [-0.25, -0.2) is 4.98 Å². The van der Waals surface area contributed by atoms with Crippen LogP contribution in [0.15, 0.2) is 48.9 Å². The number of aromatic nitrogens is 4. The van der Waals surface area contributed by atoms with E-state index in [1.54, 1.807) is 17.2 Å². The highest BCUT2D eigenvalue weighted by Gasteiger charge is 2.21. The van der Waals surface area contributed by atoms with E-state index in [1.165, 1.54) is 5.56 Å². The van der Waals surface area contributed by atoms with E-state index in [0.717, 1.165) is 17.8 Å². The largest absolute Gasteiger partial charge is 0.347 e. The van der Waals surface area contributed by atoms with Gasteiger partial charge in [-0.15, -0.1) is 0 Å². The standard InChI is InChI=1S/C19H23N5O/c1-3-24-18(11-15(2)22-24)19(25)23(13-17-12-20-14-21-17)10-9-16-7-5-4-6-8-16/h4-8,11-12,14H,3,9-10,13H2,1-2H3,(H,20,21). The average molecular weight is 337 g/mol. The fraction of sp³-hybridized carbons (Fsp3) is 0.316. The van der Waals surface area contributed by atoms with Crippen LogP contribution < -0.4 is 0 Å². The van der Waals surface area contributed by atoms with Crippen molar-refractivity contribution in [2.24, 2.45) is 0 Å². The summed E-state index contributed by atoms with van der Waals surface area (Å²) < 4.78 is 1.76. The molecule has 0 saturated heterocycles. The molecule has 0 radical (unpaired) electrons. The molecule has 25 heavy (non-hydrogen) atoms. The molecule has 0 atom stereocenters. The molecule has 0 aliphatic carbocycles. The maximum absolute atomic E-state index is 13.1. The van der Waals surface area contributed by atoms with E-state index in [-0.39, 0.29) is 5.91 Å². The number of hydrogen-bond acceptors (Lipinski definition) is 3. The van der Waals surface area contributed by atoms with Crippen molar-refractivity contribution in [2.45, 2.75) is 33.4 Å². The Morgan fingerprint density at radius 3 is 2.76 bits per heavy atom. The van der Waals surface area contributed by atoms with E-state index in [2.05, 4.69) is 27.2 Å². The summed E-state index contributed by atoms with van der Waals surface area (Å²) >= 11 is 0. The summed E-state index contributed by atoms with van der Waals surface area (Å²) in [6.45, 7) is 5.71. The maximum atomic E-state index is 13.1. The molecule has 1 N–H and O–H groups in total. The SMILES string of the molecule is CCn1nc(C)cc1C(=O)N(CCc1ccccc1)Cc1cnc[nH]1. The minimum atomic E-state index is -0.00650. The Kier molecular flexibility index (Phi) is 5.28. The Morgan fingerprint density at radius 2 is 2.08 bits per heavy atom. The lowest BCUT2D eigenvalue weighted by Gasteiger charge is -2.22. The van der Waals surface area contributed by atoms with Crippen LogP contribution in [0.3, 0.4) is 0 Å². The van der Waals surface area contributed by atoms with Crippen molar-refractivity contribution in [3.8, 4) is 0 Å². The smallest absolute Gasteiger partial charge is 0.272 e. The second kappa shape index (κ2) is 7.79. The Bertz CT molecular complexity index is 808. The van der Waals surface area contributed by atoms with Gasteiger partial charge in [0, 0.05) is 19.3 Å². The first-order valence-corrected chi connectivity index (χ1v) is 8.52. The molecule has 3 rings (SSSR count). The number of imidazole rings is 1. The van der Waals surface area contributed by atoms with E-state index in [4.69, 9.17) is 0 Å². The number of benzene rings is 1. The molecule has 3 aromatic rings. The van der Waals surface area contributed by atoms with Crippen LogP contribution in [0.4, 0.5) is 0 Å². The van der Waals surface area contributed by atoms with Gasteiger partial charge in [-0.05, 0) is 31.9 Å².